The normalized spacial score (nSPS) is 14.4. The van der Waals surface area contributed by atoms with Crippen LogP contribution >= 0.6 is 0 Å². The second-order valence-corrected chi connectivity index (χ2v) is 5.40. The highest BCUT2D eigenvalue weighted by Crippen LogP contribution is 2.11. The van der Waals surface area contributed by atoms with Crippen molar-refractivity contribution in [1.29, 1.82) is 0 Å². The number of nitrogens with zero attached hydrogens (tertiary/aromatic N) is 1. The quantitative estimate of drug-likeness (QED) is 0.691. The van der Waals surface area contributed by atoms with E-state index in [9.17, 15) is 5.11 Å². The van der Waals surface area contributed by atoms with Crippen molar-refractivity contribution < 1.29 is 5.11 Å². The third kappa shape index (κ3) is 6.51. The fourth-order valence-electron chi connectivity index (χ4n) is 2.37. The van der Waals surface area contributed by atoms with Gasteiger partial charge in [-0.3, -0.25) is 0 Å². The zero-order chi connectivity index (χ0) is 14.8. The second kappa shape index (κ2) is 9.92. The van der Waals surface area contributed by atoms with E-state index >= 15 is 0 Å². The van der Waals surface area contributed by atoms with Gasteiger partial charge in [-0.2, -0.15) is 0 Å². The lowest BCUT2D eigenvalue weighted by Gasteiger charge is -2.20. The van der Waals surface area contributed by atoms with Crippen LogP contribution in [-0.4, -0.2) is 42.2 Å². The summed E-state index contributed by atoms with van der Waals surface area (Å²) < 4.78 is 0. The van der Waals surface area contributed by atoms with Crippen LogP contribution in [0.1, 0.15) is 45.3 Å². The van der Waals surface area contributed by atoms with Crippen molar-refractivity contribution in [1.82, 2.24) is 10.2 Å². The molecule has 1 aromatic rings. The minimum Gasteiger partial charge on any atom is -0.387 e. The molecule has 1 rings (SSSR count). The highest BCUT2D eigenvalue weighted by Gasteiger charge is 2.09. The predicted molar refractivity (Wildman–Crippen MR) is 85.9 cm³/mol. The van der Waals surface area contributed by atoms with Gasteiger partial charge in [0.1, 0.15) is 0 Å². The molecule has 20 heavy (non-hydrogen) atoms. The van der Waals surface area contributed by atoms with Crippen molar-refractivity contribution in [3.05, 3.63) is 35.9 Å². The van der Waals surface area contributed by atoms with Crippen molar-refractivity contribution in [2.45, 2.75) is 45.8 Å². The molecule has 1 aromatic carbocycles. The Hall–Kier alpha value is -0.900. The van der Waals surface area contributed by atoms with Crippen LogP contribution in [0, 0.1) is 0 Å². The molecule has 2 unspecified atom stereocenters. The number of hydrogen-bond donors (Lipinski definition) is 2. The van der Waals surface area contributed by atoms with Crippen LogP contribution in [0.4, 0.5) is 0 Å². The van der Waals surface area contributed by atoms with Gasteiger partial charge in [0.25, 0.3) is 0 Å². The predicted octanol–water partition coefficient (Wildman–Crippen LogP) is 2.82. The molecule has 0 radical (unpaired) electrons. The highest BCUT2D eigenvalue weighted by atomic mass is 16.3. The van der Waals surface area contributed by atoms with E-state index in [4.69, 9.17) is 0 Å². The molecule has 0 fully saturated rings. The summed E-state index contributed by atoms with van der Waals surface area (Å²) in [5, 5.41) is 13.5. The van der Waals surface area contributed by atoms with Crippen molar-refractivity contribution in [3.8, 4) is 0 Å². The molecular weight excluding hydrogens is 248 g/mol. The van der Waals surface area contributed by atoms with E-state index < -0.39 is 6.10 Å². The summed E-state index contributed by atoms with van der Waals surface area (Å²) in [5.41, 5.74) is 0.982. The summed E-state index contributed by atoms with van der Waals surface area (Å²) in [7, 11) is 0. The van der Waals surface area contributed by atoms with Crippen LogP contribution in [0.3, 0.4) is 0 Å². The van der Waals surface area contributed by atoms with E-state index in [-0.39, 0.29) is 0 Å². The first-order valence-corrected chi connectivity index (χ1v) is 7.86. The first-order valence-electron chi connectivity index (χ1n) is 7.86. The average molecular weight is 278 g/mol. The summed E-state index contributed by atoms with van der Waals surface area (Å²) in [6.45, 7) is 10.7. The van der Waals surface area contributed by atoms with Crippen molar-refractivity contribution >= 4 is 0 Å². The first kappa shape index (κ1) is 17.2. The summed E-state index contributed by atoms with van der Waals surface area (Å²) in [5.74, 6) is 0. The molecule has 0 heterocycles. The fraction of sp³-hybridized carbons (Fsp3) is 0.647. The maximum atomic E-state index is 10.1. The van der Waals surface area contributed by atoms with Crippen molar-refractivity contribution in [2.75, 3.05) is 26.2 Å². The van der Waals surface area contributed by atoms with Crippen molar-refractivity contribution in [2.24, 2.45) is 0 Å². The van der Waals surface area contributed by atoms with E-state index in [0.717, 1.165) is 25.1 Å². The molecule has 0 saturated carbocycles. The lowest BCUT2D eigenvalue weighted by molar-refractivity contribution is 0.169. The molecule has 0 spiro atoms. The Bertz CT molecular complexity index is 338. The summed E-state index contributed by atoms with van der Waals surface area (Å²) in [6, 6.07) is 10.3. The molecular formula is C17H30N2O. The molecule has 0 aliphatic heterocycles. The number of aliphatic hydroxyl groups is 1. The van der Waals surface area contributed by atoms with Gasteiger partial charge >= 0.3 is 0 Å². The molecule has 0 aromatic heterocycles. The molecule has 2 atom stereocenters. The zero-order valence-electron chi connectivity index (χ0n) is 13.2. The third-order valence-corrected chi connectivity index (χ3v) is 3.85. The van der Waals surface area contributed by atoms with Gasteiger partial charge in [-0.15, -0.1) is 0 Å². The first-order chi connectivity index (χ1) is 9.67. The van der Waals surface area contributed by atoms with E-state index in [1.54, 1.807) is 0 Å². The second-order valence-electron chi connectivity index (χ2n) is 5.40. The van der Waals surface area contributed by atoms with E-state index in [0.29, 0.717) is 12.6 Å². The lowest BCUT2D eigenvalue weighted by Crippen LogP contribution is -2.32. The van der Waals surface area contributed by atoms with Crippen LogP contribution < -0.4 is 5.32 Å². The smallest absolute Gasteiger partial charge is 0.0914 e. The number of aliphatic hydroxyl groups excluding tert-OH is 1. The summed E-state index contributed by atoms with van der Waals surface area (Å²) >= 11 is 0. The number of nitrogens with one attached hydrogen (secondary N) is 1. The molecule has 3 heteroatoms. The van der Waals surface area contributed by atoms with Gasteiger partial charge in [-0.05, 0) is 45.0 Å². The van der Waals surface area contributed by atoms with Gasteiger partial charge in [0.2, 0.25) is 0 Å². The molecule has 114 valence electrons. The van der Waals surface area contributed by atoms with Gasteiger partial charge < -0.3 is 15.3 Å². The van der Waals surface area contributed by atoms with Crippen LogP contribution in [0.2, 0.25) is 0 Å². The topological polar surface area (TPSA) is 35.5 Å². The number of benzene rings is 1. The fourth-order valence-corrected chi connectivity index (χ4v) is 2.37. The molecule has 0 aliphatic carbocycles. The third-order valence-electron chi connectivity index (χ3n) is 3.85. The van der Waals surface area contributed by atoms with Gasteiger partial charge in [0, 0.05) is 12.6 Å². The zero-order valence-corrected chi connectivity index (χ0v) is 13.2. The molecule has 0 aliphatic rings. The Labute approximate surface area is 124 Å². The summed E-state index contributed by atoms with van der Waals surface area (Å²) in [6.07, 6.45) is 1.94. The summed E-state index contributed by atoms with van der Waals surface area (Å²) in [4.78, 5) is 2.45. The lowest BCUT2D eigenvalue weighted by atomic mass is 10.1. The van der Waals surface area contributed by atoms with Crippen LogP contribution in [0.5, 0.6) is 0 Å². The Kier molecular flexibility index (Phi) is 8.51. The van der Waals surface area contributed by atoms with Crippen LogP contribution in [0.15, 0.2) is 30.3 Å². The maximum Gasteiger partial charge on any atom is 0.0914 e. The monoisotopic (exact) mass is 278 g/mol. The minimum absolute atomic E-state index is 0.415. The standard InChI is InChI=1S/C17H30N2O/c1-4-19(5-2)13-9-10-15(3)18-14-17(20)16-11-7-6-8-12-16/h6-8,11-12,15,17-18,20H,4-5,9-10,13-14H2,1-3H3. The minimum atomic E-state index is -0.415. The average Bonchev–Trinajstić information content (AvgIpc) is 2.50. The van der Waals surface area contributed by atoms with E-state index in [1.807, 2.05) is 30.3 Å². The molecule has 0 amide bonds. The van der Waals surface area contributed by atoms with E-state index in [2.05, 4.69) is 31.0 Å². The van der Waals surface area contributed by atoms with Gasteiger partial charge in [0.15, 0.2) is 0 Å². The highest BCUT2D eigenvalue weighted by molar-refractivity contribution is 5.17. The van der Waals surface area contributed by atoms with Gasteiger partial charge in [0.05, 0.1) is 6.10 Å². The van der Waals surface area contributed by atoms with Gasteiger partial charge in [-0.25, -0.2) is 0 Å². The van der Waals surface area contributed by atoms with Gasteiger partial charge in [-0.1, -0.05) is 44.2 Å². The van der Waals surface area contributed by atoms with Crippen molar-refractivity contribution in [3.63, 3.8) is 0 Å². The largest absolute Gasteiger partial charge is 0.387 e. The Morgan fingerprint density at radius 3 is 2.40 bits per heavy atom. The Morgan fingerprint density at radius 2 is 1.80 bits per heavy atom. The van der Waals surface area contributed by atoms with Crippen LogP contribution in [0.25, 0.3) is 0 Å². The van der Waals surface area contributed by atoms with Crippen LogP contribution in [-0.2, 0) is 0 Å². The molecule has 0 saturated heterocycles. The number of hydrogen-bond acceptors (Lipinski definition) is 3. The SMILES string of the molecule is CCN(CC)CCCC(C)NCC(O)c1ccccc1. The molecule has 0 bridgehead atoms. The Morgan fingerprint density at radius 1 is 1.15 bits per heavy atom. The Balaban J connectivity index is 2.18. The van der Waals surface area contributed by atoms with E-state index in [1.165, 1.54) is 13.0 Å². The molecule has 2 N–H and O–H groups in total. The number of rotatable bonds is 10. The maximum absolute atomic E-state index is 10.1. The molecule has 3 nitrogen and oxygen atoms in total.